The van der Waals surface area contributed by atoms with Gasteiger partial charge >= 0.3 is 5.97 Å². The van der Waals surface area contributed by atoms with Crippen molar-refractivity contribution in [2.75, 3.05) is 13.2 Å². The van der Waals surface area contributed by atoms with Crippen molar-refractivity contribution in [3.05, 3.63) is 30.1 Å². The van der Waals surface area contributed by atoms with Gasteiger partial charge in [-0.1, -0.05) is 12.8 Å². The summed E-state index contributed by atoms with van der Waals surface area (Å²) in [5.41, 5.74) is 0. The summed E-state index contributed by atoms with van der Waals surface area (Å²) < 4.78 is 18.4. The molecule has 1 heterocycles. The molecule has 2 fully saturated rings. The van der Waals surface area contributed by atoms with Crippen LogP contribution in [0.15, 0.2) is 24.3 Å². The summed E-state index contributed by atoms with van der Waals surface area (Å²) in [5, 5.41) is 9.48. The van der Waals surface area contributed by atoms with Crippen molar-refractivity contribution >= 4 is 5.97 Å². The second-order valence-electron chi connectivity index (χ2n) is 6.60. The molecule has 0 spiro atoms. The molecular weight excluding hydrogens is 297 g/mol. The number of halogens is 1. The van der Waals surface area contributed by atoms with Gasteiger partial charge in [0, 0.05) is 12.6 Å². The highest BCUT2D eigenvalue weighted by Gasteiger charge is 2.44. The minimum Gasteiger partial charge on any atom is -0.494 e. The minimum atomic E-state index is -0.696. The highest BCUT2D eigenvalue weighted by Crippen LogP contribution is 2.39. The van der Waals surface area contributed by atoms with Crippen LogP contribution in [0.5, 0.6) is 5.75 Å². The summed E-state index contributed by atoms with van der Waals surface area (Å²) in [6.45, 7) is 1.27. The Labute approximate surface area is 136 Å². The van der Waals surface area contributed by atoms with E-state index >= 15 is 0 Å². The summed E-state index contributed by atoms with van der Waals surface area (Å²) in [7, 11) is 0. The fourth-order valence-electron chi connectivity index (χ4n) is 4.09. The Balaban J connectivity index is 1.51. The molecule has 1 saturated carbocycles. The van der Waals surface area contributed by atoms with E-state index in [-0.39, 0.29) is 11.9 Å². The van der Waals surface area contributed by atoms with E-state index in [4.69, 9.17) is 4.74 Å². The standard InChI is InChI=1S/C18H24FNO3/c19-14-6-8-15(9-7-14)23-11-3-10-20-16-5-2-1-4-13(16)12-17(20)18(21)22/h6-9,13,16-17H,1-5,10-12H2,(H,21,22)/t13-,16-,17+/m1/s1. The van der Waals surface area contributed by atoms with Crippen LogP contribution in [0.1, 0.15) is 38.5 Å². The van der Waals surface area contributed by atoms with E-state index in [2.05, 4.69) is 4.90 Å². The van der Waals surface area contributed by atoms with Crippen LogP contribution in [-0.4, -0.2) is 41.2 Å². The summed E-state index contributed by atoms with van der Waals surface area (Å²) in [6.07, 6.45) is 6.29. The molecule has 126 valence electrons. The second kappa shape index (κ2) is 7.30. The molecule has 0 bridgehead atoms. The van der Waals surface area contributed by atoms with Crippen LogP contribution in [0, 0.1) is 11.7 Å². The topological polar surface area (TPSA) is 49.8 Å². The number of hydrogen-bond donors (Lipinski definition) is 1. The third-order valence-corrected chi connectivity index (χ3v) is 5.15. The third kappa shape index (κ3) is 3.83. The molecule has 5 heteroatoms. The quantitative estimate of drug-likeness (QED) is 0.817. The maximum atomic E-state index is 12.8. The fraction of sp³-hybridized carbons (Fsp3) is 0.611. The van der Waals surface area contributed by atoms with Crippen LogP contribution in [-0.2, 0) is 4.79 Å². The summed E-state index contributed by atoms with van der Waals surface area (Å²) in [4.78, 5) is 13.7. The number of fused-ring (bicyclic) bond motifs is 1. The minimum absolute atomic E-state index is 0.276. The zero-order chi connectivity index (χ0) is 16.2. The van der Waals surface area contributed by atoms with Gasteiger partial charge in [-0.25, -0.2) is 4.39 Å². The molecule has 1 aliphatic heterocycles. The van der Waals surface area contributed by atoms with Gasteiger partial charge in [-0.05, 0) is 55.9 Å². The first-order valence-electron chi connectivity index (χ1n) is 8.52. The highest BCUT2D eigenvalue weighted by atomic mass is 19.1. The molecule has 23 heavy (non-hydrogen) atoms. The van der Waals surface area contributed by atoms with Crippen molar-refractivity contribution in [3.63, 3.8) is 0 Å². The molecule has 0 aromatic heterocycles. The molecular formula is C18H24FNO3. The molecule has 0 amide bonds. The Hall–Kier alpha value is -1.62. The monoisotopic (exact) mass is 321 g/mol. The number of ether oxygens (including phenoxy) is 1. The number of rotatable bonds is 6. The lowest BCUT2D eigenvalue weighted by Gasteiger charge is -2.32. The van der Waals surface area contributed by atoms with Crippen molar-refractivity contribution < 1.29 is 19.0 Å². The van der Waals surface area contributed by atoms with Crippen LogP contribution in [0.3, 0.4) is 0 Å². The number of carbonyl (C=O) groups is 1. The lowest BCUT2D eigenvalue weighted by atomic mass is 9.85. The molecule has 0 radical (unpaired) electrons. The molecule has 1 aromatic rings. The normalized spacial score (nSPS) is 27.6. The van der Waals surface area contributed by atoms with Crippen LogP contribution in [0.25, 0.3) is 0 Å². The van der Waals surface area contributed by atoms with E-state index in [1.807, 2.05) is 0 Å². The lowest BCUT2D eigenvalue weighted by molar-refractivity contribution is -0.142. The van der Waals surface area contributed by atoms with Gasteiger partial charge in [-0.15, -0.1) is 0 Å². The zero-order valence-corrected chi connectivity index (χ0v) is 13.3. The number of hydrogen-bond acceptors (Lipinski definition) is 3. The van der Waals surface area contributed by atoms with Gasteiger partial charge in [-0.2, -0.15) is 0 Å². The number of aliphatic carboxylic acids is 1. The van der Waals surface area contributed by atoms with Gasteiger partial charge in [-0.3, -0.25) is 9.69 Å². The van der Waals surface area contributed by atoms with Crippen LogP contribution >= 0.6 is 0 Å². The van der Waals surface area contributed by atoms with Gasteiger partial charge in [0.15, 0.2) is 0 Å². The van der Waals surface area contributed by atoms with E-state index < -0.39 is 5.97 Å². The van der Waals surface area contributed by atoms with Gasteiger partial charge in [0.05, 0.1) is 6.61 Å². The van der Waals surface area contributed by atoms with Crippen molar-refractivity contribution in [1.29, 1.82) is 0 Å². The molecule has 1 aromatic carbocycles. The van der Waals surface area contributed by atoms with E-state index in [0.29, 0.717) is 24.3 Å². The average Bonchev–Trinajstić information content (AvgIpc) is 2.92. The Morgan fingerprint density at radius 1 is 1.26 bits per heavy atom. The third-order valence-electron chi connectivity index (χ3n) is 5.15. The zero-order valence-electron chi connectivity index (χ0n) is 13.3. The molecule has 1 N–H and O–H groups in total. The summed E-state index contributed by atoms with van der Waals surface area (Å²) in [6, 6.07) is 6.07. The number of likely N-dealkylation sites (tertiary alicyclic amines) is 1. The highest BCUT2D eigenvalue weighted by molar-refractivity contribution is 5.74. The van der Waals surface area contributed by atoms with E-state index in [0.717, 1.165) is 32.2 Å². The summed E-state index contributed by atoms with van der Waals surface area (Å²) >= 11 is 0. The fourth-order valence-corrected chi connectivity index (χ4v) is 4.09. The maximum absolute atomic E-state index is 12.8. The summed E-state index contributed by atoms with van der Waals surface area (Å²) in [5.74, 6) is 0.224. The van der Waals surface area contributed by atoms with Gasteiger partial charge in [0.2, 0.25) is 0 Å². The van der Waals surface area contributed by atoms with Crippen molar-refractivity contribution in [2.45, 2.75) is 50.6 Å². The van der Waals surface area contributed by atoms with E-state index in [1.165, 1.54) is 25.0 Å². The van der Waals surface area contributed by atoms with Gasteiger partial charge in [0.1, 0.15) is 17.6 Å². The Bertz CT molecular complexity index is 534. The van der Waals surface area contributed by atoms with Crippen LogP contribution in [0.4, 0.5) is 4.39 Å². The first kappa shape index (κ1) is 16.2. The van der Waals surface area contributed by atoms with Crippen molar-refractivity contribution in [2.24, 2.45) is 5.92 Å². The second-order valence-corrected chi connectivity index (χ2v) is 6.60. The number of nitrogens with zero attached hydrogens (tertiary/aromatic N) is 1. The smallest absolute Gasteiger partial charge is 0.320 e. The Morgan fingerprint density at radius 3 is 2.74 bits per heavy atom. The average molecular weight is 321 g/mol. The SMILES string of the molecule is O=C(O)[C@@H]1C[C@H]2CCCC[C@H]2N1CCCOc1ccc(F)cc1. The number of benzene rings is 1. The van der Waals surface area contributed by atoms with E-state index in [1.54, 1.807) is 12.1 Å². The Morgan fingerprint density at radius 2 is 2.00 bits per heavy atom. The molecule has 2 aliphatic rings. The van der Waals surface area contributed by atoms with Crippen LogP contribution in [0.2, 0.25) is 0 Å². The van der Waals surface area contributed by atoms with Crippen LogP contribution < -0.4 is 4.74 Å². The number of carboxylic acid groups (broad SMARTS) is 1. The predicted molar refractivity (Wildman–Crippen MR) is 85.0 cm³/mol. The first-order chi connectivity index (χ1) is 11.1. The van der Waals surface area contributed by atoms with Gasteiger partial charge in [0.25, 0.3) is 0 Å². The van der Waals surface area contributed by atoms with E-state index in [9.17, 15) is 14.3 Å². The largest absolute Gasteiger partial charge is 0.494 e. The molecule has 0 unspecified atom stereocenters. The molecule has 1 aliphatic carbocycles. The molecule has 3 rings (SSSR count). The predicted octanol–water partition coefficient (Wildman–Crippen LogP) is 3.31. The number of carboxylic acids is 1. The van der Waals surface area contributed by atoms with Crippen molar-refractivity contribution in [3.8, 4) is 5.75 Å². The first-order valence-corrected chi connectivity index (χ1v) is 8.52. The molecule has 3 atom stereocenters. The molecule has 1 saturated heterocycles. The maximum Gasteiger partial charge on any atom is 0.320 e. The molecule has 4 nitrogen and oxygen atoms in total. The lowest BCUT2D eigenvalue weighted by Crippen LogP contribution is -2.43. The van der Waals surface area contributed by atoms with Gasteiger partial charge < -0.3 is 9.84 Å². The Kier molecular flexibility index (Phi) is 5.16. The van der Waals surface area contributed by atoms with Crippen molar-refractivity contribution in [1.82, 2.24) is 4.90 Å².